The third kappa shape index (κ3) is 5.86. The average Bonchev–Trinajstić information content (AvgIpc) is 2.69. The molecule has 0 aliphatic rings. The second-order valence-electron chi connectivity index (χ2n) is 6.41. The van der Waals surface area contributed by atoms with Crippen LogP contribution in [0, 0.1) is 5.82 Å². The largest absolute Gasteiger partial charge is 0.322 e. The molecular weight excluding hydrogens is 434 g/mol. The Hall–Kier alpha value is -2.27. The molecule has 2 amide bonds. The number of benzene rings is 3. The van der Waals surface area contributed by atoms with Gasteiger partial charge in [-0.3, -0.25) is 0 Å². The minimum atomic E-state index is -0.501. The van der Waals surface area contributed by atoms with Gasteiger partial charge in [0.2, 0.25) is 0 Å². The highest BCUT2D eigenvalue weighted by atomic mass is 35.5. The van der Waals surface area contributed by atoms with Gasteiger partial charge in [0.15, 0.2) is 0 Å². The molecule has 3 aromatic rings. The molecule has 0 aliphatic carbocycles. The van der Waals surface area contributed by atoms with Crippen LogP contribution in [0.2, 0.25) is 15.1 Å². The van der Waals surface area contributed by atoms with Crippen molar-refractivity contribution in [2.24, 2.45) is 0 Å². The van der Waals surface area contributed by atoms with Gasteiger partial charge in [0, 0.05) is 28.2 Å². The van der Waals surface area contributed by atoms with Crippen LogP contribution in [0.1, 0.15) is 11.1 Å². The molecule has 0 aliphatic heterocycles. The van der Waals surface area contributed by atoms with Crippen LogP contribution < -0.4 is 5.32 Å². The molecule has 0 saturated heterocycles. The van der Waals surface area contributed by atoms with Crippen LogP contribution in [0.3, 0.4) is 0 Å². The Kier molecular flexibility index (Phi) is 7.37. The SMILES string of the molecule is O=C(Nc1ccccc1F)N(CCc1ccc(Cl)cc1Cl)Cc1ccccc1Cl. The first-order valence-electron chi connectivity index (χ1n) is 8.92. The quantitative estimate of drug-likeness (QED) is 0.427. The van der Waals surface area contributed by atoms with Gasteiger partial charge in [-0.2, -0.15) is 0 Å². The highest BCUT2D eigenvalue weighted by Gasteiger charge is 2.17. The standard InChI is InChI=1S/C22H18Cl3FN2O/c23-17-10-9-15(19(25)13-17)11-12-28(14-16-5-1-2-6-18(16)24)22(29)27-21-8-4-3-7-20(21)26/h1-10,13H,11-12,14H2,(H,27,29). The van der Waals surface area contributed by atoms with E-state index in [0.29, 0.717) is 28.0 Å². The summed E-state index contributed by atoms with van der Waals surface area (Å²) in [6.45, 7) is 0.623. The number of nitrogens with zero attached hydrogens (tertiary/aromatic N) is 1. The number of hydrogen-bond acceptors (Lipinski definition) is 1. The predicted molar refractivity (Wildman–Crippen MR) is 117 cm³/mol. The van der Waals surface area contributed by atoms with E-state index in [1.807, 2.05) is 24.3 Å². The van der Waals surface area contributed by atoms with Crippen molar-refractivity contribution in [3.63, 3.8) is 0 Å². The highest BCUT2D eigenvalue weighted by Crippen LogP contribution is 2.23. The molecule has 0 fully saturated rings. The van der Waals surface area contributed by atoms with Gasteiger partial charge in [0.1, 0.15) is 5.82 Å². The van der Waals surface area contributed by atoms with Crippen molar-refractivity contribution in [1.29, 1.82) is 0 Å². The zero-order valence-electron chi connectivity index (χ0n) is 15.3. The van der Waals surface area contributed by atoms with Gasteiger partial charge < -0.3 is 10.2 Å². The van der Waals surface area contributed by atoms with Crippen molar-refractivity contribution in [3.8, 4) is 0 Å². The molecule has 3 nitrogen and oxygen atoms in total. The van der Waals surface area contributed by atoms with E-state index in [9.17, 15) is 9.18 Å². The molecule has 0 unspecified atom stereocenters. The van der Waals surface area contributed by atoms with Crippen molar-refractivity contribution in [2.75, 3.05) is 11.9 Å². The molecular formula is C22H18Cl3FN2O. The molecule has 150 valence electrons. The molecule has 7 heteroatoms. The van der Waals surface area contributed by atoms with Crippen molar-refractivity contribution in [3.05, 3.63) is 98.7 Å². The topological polar surface area (TPSA) is 32.3 Å². The molecule has 0 radical (unpaired) electrons. The summed E-state index contributed by atoms with van der Waals surface area (Å²) in [5.74, 6) is -0.501. The van der Waals surface area contributed by atoms with Crippen LogP contribution in [0.15, 0.2) is 66.7 Å². The van der Waals surface area contributed by atoms with E-state index in [2.05, 4.69) is 5.32 Å². The normalized spacial score (nSPS) is 10.6. The van der Waals surface area contributed by atoms with E-state index < -0.39 is 11.8 Å². The summed E-state index contributed by atoms with van der Waals surface area (Å²) >= 11 is 18.5. The smallest absolute Gasteiger partial charge is 0.320 e. The zero-order valence-corrected chi connectivity index (χ0v) is 17.6. The lowest BCUT2D eigenvalue weighted by Crippen LogP contribution is -2.36. The second kappa shape index (κ2) is 9.97. The van der Waals surface area contributed by atoms with Gasteiger partial charge in [-0.15, -0.1) is 0 Å². The number of nitrogens with one attached hydrogen (secondary N) is 1. The highest BCUT2D eigenvalue weighted by molar-refractivity contribution is 6.35. The summed E-state index contributed by atoms with van der Waals surface area (Å²) in [6, 6.07) is 18.1. The van der Waals surface area contributed by atoms with Gasteiger partial charge in [-0.25, -0.2) is 9.18 Å². The molecule has 3 rings (SSSR count). The lowest BCUT2D eigenvalue weighted by Gasteiger charge is -2.24. The summed E-state index contributed by atoms with van der Waals surface area (Å²) < 4.78 is 14.0. The third-order valence-corrected chi connectivity index (χ3v) is 5.34. The first kappa shape index (κ1) is 21.4. The van der Waals surface area contributed by atoms with E-state index in [-0.39, 0.29) is 12.2 Å². The fourth-order valence-electron chi connectivity index (χ4n) is 2.82. The van der Waals surface area contributed by atoms with E-state index in [4.69, 9.17) is 34.8 Å². The molecule has 0 heterocycles. The van der Waals surface area contributed by atoms with Crippen LogP contribution in [0.4, 0.5) is 14.9 Å². The van der Waals surface area contributed by atoms with Crippen LogP contribution in [-0.2, 0) is 13.0 Å². The van der Waals surface area contributed by atoms with E-state index in [0.717, 1.165) is 11.1 Å². The van der Waals surface area contributed by atoms with Gasteiger partial charge in [0.05, 0.1) is 5.69 Å². The van der Waals surface area contributed by atoms with E-state index in [1.54, 1.807) is 35.2 Å². The lowest BCUT2D eigenvalue weighted by atomic mass is 10.1. The Labute approximate surface area is 184 Å². The molecule has 3 aromatic carbocycles. The first-order valence-corrected chi connectivity index (χ1v) is 10.0. The van der Waals surface area contributed by atoms with Crippen molar-refractivity contribution in [2.45, 2.75) is 13.0 Å². The van der Waals surface area contributed by atoms with Gasteiger partial charge in [0.25, 0.3) is 0 Å². The summed E-state index contributed by atoms with van der Waals surface area (Å²) in [5.41, 5.74) is 1.77. The fraction of sp³-hybridized carbons (Fsp3) is 0.136. The number of urea groups is 1. The maximum Gasteiger partial charge on any atom is 0.322 e. The Balaban J connectivity index is 1.79. The number of carbonyl (C=O) groups excluding carboxylic acids is 1. The van der Waals surface area contributed by atoms with Gasteiger partial charge in [-0.05, 0) is 47.9 Å². The molecule has 0 bridgehead atoms. The summed E-state index contributed by atoms with van der Waals surface area (Å²) in [4.78, 5) is 14.5. The molecule has 0 aromatic heterocycles. The number of rotatable bonds is 6. The Morgan fingerprint density at radius 1 is 0.897 bits per heavy atom. The van der Waals surface area contributed by atoms with E-state index in [1.165, 1.54) is 12.1 Å². The minimum Gasteiger partial charge on any atom is -0.320 e. The summed E-state index contributed by atoms with van der Waals surface area (Å²) in [7, 11) is 0. The van der Waals surface area contributed by atoms with Crippen molar-refractivity contribution < 1.29 is 9.18 Å². The maximum absolute atomic E-state index is 14.0. The molecule has 0 atom stereocenters. The predicted octanol–water partition coefficient (Wildman–Crippen LogP) is 7.06. The number of hydrogen-bond donors (Lipinski definition) is 1. The van der Waals surface area contributed by atoms with Crippen LogP contribution in [0.5, 0.6) is 0 Å². The molecule has 29 heavy (non-hydrogen) atoms. The molecule has 1 N–H and O–H groups in total. The molecule has 0 saturated carbocycles. The van der Waals surface area contributed by atoms with Gasteiger partial charge >= 0.3 is 6.03 Å². The third-order valence-electron chi connectivity index (χ3n) is 4.39. The first-order chi connectivity index (χ1) is 13.9. The average molecular weight is 452 g/mol. The minimum absolute atomic E-state index is 0.117. The molecule has 0 spiro atoms. The second-order valence-corrected chi connectivity index (χ2v) is 7.66. The maximum atomic E-state index is 14.0. The lowest BCUT2D eigenvalue weighted by molar-refractivity contribution is 0.209. The number of para-hydroxylation sites is 1. The number of carbonyl (C=O) groups is 1. The Morgan fingerprint density at radius 3 is 2.34 bits per heavy atom. The van der Waals surface area contributed by atoms with Crippen molar-refractivity contribution in [1.82, 2.24) is 4.90 Å². The van der Waals surface area contributed by atoms with Gasteiger partial charge in [-0.1, -0.05) is 71.2 Å². The van der Waals surface area contributed by atoms with Crippen LogP contribution >= 0.6 is 34.8 Å². The Bertz CT molecular complexity index is 1010. The monoisotopic (exact) mass is 450 g/mol. The number of halogens is 4. The zero-order chi connectivity index (χ0) is 20.8. The van der Waals surface area contributed by atoms with Crippen molar-refractivity contribution >= 4 is 46.5 Å². The van der Waals surface area contributed by atoms with Crippen LogP contribution in [-0.4, -0.2) is 17.5 Å². The fourth-order valence-corrected chi connectivity index (χ4v) is 3.52. The number of anilines is 1. The van der Waals surface area contributed by atoms with E-state index >= 15 is 0 Å². The number of amides is 2. The Morgan fingerprint density at radius 2 is 1.62 bits per heavy atom. The summed E-state index contributed by atoms with van der Waals surface area (Å²) in [6.07, 6.45) is 0.505. The summed E-state index contributed by atoms with van der Waals surface area (Å²) in [5, 5.41) is 4.26. The van der Waals surface area contributed by atoms with Crippen LogP contribution in [0.25, 0.3) is 0 Å².